The van der Waals surface area contributed by atoms with Crippen LogP contribution in [0.5, 0.6) is 0 Å². The Morgan fingerprint density at radius 1 is 1.37 bits per heavy atom. The van der Waals surface area contributed by atoms with Crippen LogP contribution < -0.4 is 10.6 Å². The van der Waals surface area contributed by atoms with E-state index in [0.717, 1.165) is 24.5 Å². The maximum atomic E-state index is 5.89. The minimum Gasteiger partial charge on any atom is -0.389 e. The summed E-state index contributed by atoms with van der Waals surface area (Å²) in [6.07, 6.45) is 7.08. The van der Waals surface area contributed by atoms with E-state index in [9.17, 15) is 0 Å². The summed E-state index contributed by atoms with van der Waals surface area (Å²) in [7, 11) is 0. The molecular formula is C14H19N3OS. The Hall–Kier alpha value is -1.20. The first kappa shape index (κ1) is 12.8. The first-order valence-corrected chi connectivity index (χ1v) is 7.30. The van der Waals surface area contributed by atoms with Gasteiger partial charge in [0.1, 0.15) is 10.8 Å². The molecule has 5 heteroatoms. The van der Waals surface area contributed by atoms with Gasteiger partial charge in [-0.25, -0.2) is 4.98 Å². The zero-order chi connectivity index (χ0) is 13.2. The summed E-state index contributed by atoms with van der Waals surface area (Å²) in [5.41, 5.74) is 6.43. The SMILES string of the molecule is NC(=S)c1ccc(N2CCOC3CCCCC32)nc1. The van der Waals surface area contributed by atoms with Crippen molar-refractivity contribution in [1.82, 2.24) is 4.98 Å². The molecule has 1 aliphatic heterocycles. The molecular weight excluding hydrogens is 258 g/mol. The van der Waals surface area contributed by atoms with Gasteiger partial charge in [-0.2, -0.15) is 0 Å². The zero-order valence-corrected chi connectivity index (χ0v) is 11.7. The van der Waals surface area contributed by atoms with Gasteiger partial charge in [0.25, 0.3) is 0 Å². The highest BCUT2D eigenvalue weighted by Gasteiger charge is 2.34. The van der Waals surface area contributed by atoms with Crippen molar-refractivity contribution in [3.05, 3.63) is 23.9 Å². The number of hydrogen-bond donors (Lipinski definition) is 1. The van der Waals surface area contributed by atoms with Crippen LogP contribution in [0.1, 0.15) is 31.2 Å². The molecule has 2 aliphatic rings. The Morgan fingerprint density at radius 2 is 2.21 bits per heavy atom. The monoisotopic (exact) mass is 277 g/mol. The molecule has 1 saturated carbocycles. The van der Waals surface area contributed by atoms with E-state index >= 15 is 0 Å². The Bertz CT molecular complexity index is 460. The fraction of sp³-hybridized carbons (Fsp3) is 0.571. The van der Waals surface area contributed by atoms with E-state index in [0.29, 0.717) is 17.1 Å². The fourth-order valence-corrected chi connectivity index (χ4v) is 3.20. The molecule has 102 valence electrons. The summed E-state index contributed by atoms with van der Waals surface area (Å²) >= 11 is 4.96. The normalized spacial score (nSPS) is 26.8. The average Bonchev–Trinajstić information content (AvgIpc) is 2.47. The standard InChI is InChI=1S/C14H19N3OS/c15-14(19)10-5-6-13(16-9-10)17-7-8-18-12-4-2-1-3-11(12)17/h5-6,9,11-12H,1-4,7-8H2,(H2,15,19). The second kappa shape index (κ2) is 5.43. The Balaban J connectivity index is 1.81. The van der Waals surface area contributed by atoms with Crippen molar-refractivity contribution in [3.63, 3.8) is 0 Å². The third-order valence-corrected chi connectivity index (χ3v) is 4.29. The summed E-state index contributed by atoms with van der Waals surface area (Å²) < 4.78 is 5.89. The maximum Gasteiger partial charge on any atom is 0.128 e. The highest BCUT2D eigenvalue weighted by Crippen LogP contribution is 2.31. The molecule has 0 spiro atoms. The summed E-state index contributed by atoms with van der Waals surface area (Å²) in [5.74, 6) is 1.01. The number of morpholine rings is 1. The molecule has 1 aromatic heterocycles. The van der Waals surface area contributed by atoms with Crippen LogP contribution in [0, 0.1) is 0 Å². The topological polar surface area (TPSA) is 51.4 Å². The summed E-state index contributed by atoms with van der Waals surface area (Å²) in [5, 5.41) is 0. The van der Waals surface area contributed by atoms with Gasteiger partial charge in [0.05, 0.1) is 18.8 Å². The largest absolute Gasteiger partial charge is 0.389 e. The summed E-state index contributed by atoms with van der Waals surface area (Å²) in [6.45, 7) is 1.71. The number of thiocarbonyl (C=S) groups is 1. The molecule has 2 fully saturated rings. The lowest BCUT2D eigenvalue weighted by atomic mass is 9.90. The van der Waals surface area contributed by atoms with Crippen molar-refractivity contribution in [1.29, 1.82) is 0 Å². The molecule has 3 rings (SSSR count). The fourth-order valence-electron chi connectivity index (χ4n) is 3.08. The van der Waals surface area contributed by atoms with Crippen molar-refractivity contribution in [3.8, 4) is 0 Å². The average molecular weight is 277 g/mol. The van der Waals surface area contributed by atoms with Gasteiger partial charge < -0.3 is 15.4 Å². The first-order valence-electron chi connectivity index (χ1n) is 6.90. The van der Waals surface area contributed by atoms with Gasteiger partial charge in [0.15, 0.2) is 0 Å². The van der Waals surface area contributed by atoms with Crippen LogP contribution in [-0.4, -0.2) is 35.3 Å². The first-order chi connectivity index (χ1) is 9.25. The Kier molecular flexibility index (Phi) is 3.66. The van der Waals surface area contributed by atoms with E-state index in [4.69, 9.17) is 22.7 Å². The van der Waals surface area contributed by atoms with Crippen molar-refractivity contribution < 1.29 is 4.74 Å². The van der Waals surface area contributed by atoms with Gasteiger partial charge in [-0.1, -0.05) is 25.1 Å². The molecule has 4 nitrogen and oxygen atoms in total. The zero-order valence-electron chi connectivity index (χ0n) is 10.9. The van der Waals surface area contributed by atoms with Crippen LogP contribution in [0.15, 0.2) is 18.3 Å². The van der Waals surface area contributed by atoms with E-state index in [1.807, 2.05) is 12.1 Å². The second-order valence-corrected chi connectivity index (χ2v) is 5.66. The molecule has 2 N–H and O–H groups in total. The number of hydrogen-bond acceptors (Lipinski definition) is 4. The Morgan fingerprint density at radius 3 is 2.95 bits per heavy atom. The number of nitrogens with zero attached hydrogens (tertiary/aromatic N) is 2. The number of pyridine rings is 1. The lowest BCUT2D eigenvalue weighted by molar-refractivity contribution is -0.00898. The number of aromatic nitrogens is 1. The molecule has 0 bridgehead atoms. The number of fused-ring (bicyclic) bond motifs is 1. The third-order valence-electron chi connectivity index (χ3n) is 4.06. The number of nitrogens with two attached hydrogens (primary N) is 1. The molecule has 19 heavy (non-hydrogen) atoms. The minimum absolute atomic E-state index is 0.375. The lowest BCUT2D eigenvalue weighted by Gasteiger charge is -2.44. The van der Waals surface area contributed by atoms with Crippen LogP contribution >= 0.6 is 12.2 Å². The predicted molar refractivity (Wildman–Crippen MR) is 79.5 cm³/mol. The van der Waals surface area contributed by atoms with Crippen molar-refractivity contribution in [2.45, 2.75) is 37.8 Å². The van der Waals surface area contributed by atoms with E-state index in [1.54, 1.807) is 6.20 Å². The van der Waals surface area contributed by atoms with Crippen molar-refractivity contribution in [2.24, 2.45) is 5.73 Å². The van der Waals surface area contributed by atoms with E-state index in [1.165, 1.54) is 25.7 Å². The molecule has 1 saturated heterocycles. The quantitative estimate of drug-likeness (QED) is 0.836. The summed E-state index contributed by atoms with van der Waals surface area (Å²) in [6, 6.07) is 4.45. The van der Waals surface area contributed by atoms with Crippen molar-refractivity contribution >= 4 is 23.0 Å². The van der Waals surface area contributed by atoms with Crippen LogP contribution in [0.3, 0.4) is 0 Å². The van der Waals surface area contributed by atoms with Gasteiger partial charge in [-0.3, -0.25) is 0 Å². The smallest absolute Gasteiger partial charge is 0.128 e. The third kappa shape index (κ3) is 2.58. The number of rotatable bonds is 2. The predicted octanol–water partition coefficient (Wildman–Crippen LogP) is 1.86. The van der Waals surface area contributed by atoms with E-state index < -0.39 is 0 Å². The minimum atomic E-state index is 0.375. The van der Waals surface area contributed by atoms with Gasteiger partial charge in [-0.15, -0.1) is 0 Å². The van der Waals surface area contributed by atoms with Gasteiger partial charge in [0, 0.05) is 18.3 Å². The Labute approximate surface area is 118 Å². The summed E-state index contributed by atoms with van der Waals surface area (Å²) in [4.78, 5) is 7.30. The van der Waals surface area contributed by atoms with Crippen LogP contribution in [-0.2, 0) is 4.74 Å². The number of ether oxygens (including phenoxy) is 1. The van der Waals surface area contributed by atoms with Gasteiger partial charge >= 0.3 is 0 Å². The maximum absolute atomic E-state index is 5.89. The molecule has 1 aromatic rings. The second-order valence-electron chi connectivity index (χ2n) is 5.22. The highest BCUT2D eigenvalue weighted by molar-refractivity contribution is 7.80. The molecule has 0 aromatic carbocycles. The molecule has 0 amide bonds. The molecule has 0 radical (unpaired) electrons. The van der Waals surface area contributed by atoms with Gasteiger partial charge in [-0.05, 0) is 25.0 Å². The molecule has 2 atom stereocenters. The number of anilines is 1. The highest BCUT2D eigenvalue weighted by atomic mass is 32.1. The van der Waals surface area contributed by atoms with Crippen molar-refractivity contribution in [2.75, 3.05) is 18.1 Å². The van der Waals surface area contributed by atoms with Crippen LogP contribution in [0.25, 0.3) is 0 Å². The van der Waals surface area contributed by atoms with Crippen LogP contribution in [0.2, 0.25) is 0 Å². The van der Waals surface area contributed by atoms with Gasteiger partial charge in [0.2, 0.25) is 0 Å². The van der Waals surface area contributed by atoms with E-state index in [-0.39, 0.29) is 0 Å². The van der Waals surface area contributed by atoms with Crippen LogP contribution in [0.4, 0.5) is 5.82 Å². The lowest BCUT2D eigenvalue weighted by Crippen LogP contribution is -2.53. The molecule has 2 heterocycles. The molecule has 1 aliphatic carbocycles. The van der Waals surface area contributed by atoms with E-state index in [2.05, 4.69) is 9.88 Å². The molecule has 2 unspecified atom stereocenters.